The second-order valence-electron chi connectivity index (χ2n) is 10.3. The summed E-state index contributed by atoms with van der Waals surface area (Å²) < 4.78 is 39.7. The first-order valence-corrected chi connectivity index (χ1v) is 14.0. The zero-order chi connectivity index (χ0) is 31.5. The largest absolute Gasteiger partial charge is 0.493 e. The van der Waals surface area contributed by atoms with Crippen LogP contribution in [-0.4, -0.2) is 72.9 Å². The molecule has 1 aliphatic rings. The Morgan fingerprint density at radius 2 is 1.89 bits per heavy atom. The maximum atomic E-state index is 15.3. The van der Waals surface area contributed by atoms with E-state index in [4.69, 9.17) is 18.9 Å². The van der Waals surface area contributed by atoms with Gasteiger partial charge in [-0.3, -0.25) is 4.79 Å². The minimum absolute atomic E-state index is 0.0410. The second kappa shape index (κ2) is 12.4. The Bertz CT molecular complexity index is 1860. The van der Waals surface area contributed by atoms with E-state index in [0.29, 0.717) is 47.0 Å². The summed E-state index contributed by atoms with van der Waals surface area (Å²) >= 11 is 0. The molecule has 45 heavy (non-hydrogen) atoms. The number of amides is 1. The average molecular weight is 613 g/mol. The van der Waals surface area contributed by atoms with Crippen molar-refractivity contribution in [2.24, 2.45) is 0 Å². The number of methoxy groups -OCH3 is 1. The maximum Gasteiger partial charge on any atom is 0.316 e. The number of carbonyl (C=O) groups excluding carboxylic acids is 1. The smallest absolute Gasteiger partial charge is 0.316 e. The van der Waals surface area contributed by atoms with E-state index in [9.17, 15) is 4.79 Å². The number of fused-ring (bicyclic) bond motifs is 1. The molecule has 0 saturated carbocycles. The highest BCUT2D eigenvalue weighted by atomic mass is 19.1. The first-order chi connectivity index (χ1) is 21.8. The zero-order valence-corrected chi connectivity index (χ0v) is 24.7. The molecule has 1 saturated heterocycles. The van der Waals surface area contributed by atoms with Crippen LogP contribution >= 0.6 is 0 Å². The molecular formula is C31H29FN8O5. The lowest BCUT2D eigenvalue weighted by molar-refractivity contribution is -0.134. The van der Waals surface area contributed by atoms with Gasteiger partial charge in [0.25, 0.3) is 0 Å². The molecule has 0 unspecified atom stereocenters. The molecule has 0 aliphatic carbocycles. The van der Waals surface area contributed by atoms with Crippen LogP contribution in [0.2, 0.25) is 0 Å². The standard InChI is InChI=1S/C31H29FN8O5/c1-5-29(41)39-15-21(16-39)44-27-11-22-25(12-26(27)42-4)35-17-36-30(22)37-24-7-6-20(10-23(24)32)45-28-8-9-40(38-28)19-13-33-31(34-14-19)43-18(2)3/h5-14,17-18,21H,1,15-16H2,2-4H3,(H,35,36,37). The lowest BCUT2D eigenvalue weighted by Gasteiger charge is -2.38. The molecule has 3 aromatic heterocycles. The van der Waals surface area contributed by atoms with Gasteiger partial charge >= 0.3 is 6.01 Å². The zero-order valence-electron chi connectivity index (χ0n) is 24.7. The number of rotatable bonds is 11. The van der Waals surface area contributed by atoms with E-state index in [1.54, 1.807) is 47.8 Å². The predicted octanol–water partition coefficient (Wildman–Crippen LogP) is 4.85. The number of ether oxygens (including phenoxy) is 4. The summed E-state index contributed by atoms with van der Waals surface area (Å²) in [5, 5.41) is 7.99. The third-order valence-corrected chi connectivity index (χ3v) is 6.75. The molecule has 230 valence electrons. The molecule has 1 fully saturated rings. The summed E-state index contributed by atoms with van der Waals surface area (Å²) in [4.78, 5) is 30.4. The Kier molecular flexibility index (Phi) is 8.10. The number of halogens is 1. The molecule has 1 N–H and O–H groups in total. The van der Waals surface area contributed by atoms with Crippen LogP contribution in [0.5, 0.6) is 29.1 Å². The molecular weight excluding hydrogens is 583 g/mol. The number of carbonyl (C=O) groups is 1. The quantitative estimate of drug-likeness (QED) is 0.205. The normalized spacial score (nSPS) is 13.0. The van der Waals surface area contributed by atoms with Gasteiger partial charge < -0.3 is 29.2 Å². The first-order valence-electron chi connectivity index (χ1n) is 14.0. The van der Waals surface area contributed by atoms with E-state index in [-0.39, 0.29) is 41.4 Å². The van der Waals surface area contributed by atoms with E-state index in [0.717, 1.165) is 0 Å². The lowest BCUT2D eigenvalue weighted by Crippen LogP contribution is -2.55. The van der Waals surface area contributed by atoms with Gasteiger partial charge in [0.2, 0.25) is 11.8 Å². The van der Waals surface area contributed by atoms with Crippen LogP contribution in [0.4, 0.5) is 15.9 Å². The number of hydrogen-bond donors (Lipinski definition) is 1. The monoisotopic (exact) mass is 612 g/mol. The van der Waals surface area contributed by atoms with Crippen molar-refractivity contribution < 1.29 is 28.1 Å². The molecule has 0 atom stereocenters. The molecule has 1 amide bonds. The van der Waals surface area contributed by atoms with Crippen molar-refractivity contribution in [3.8, 4) is 34.8 Å². The SMILES string of the molecule is C=CC(=O)N1CC(Oc2cc3c(Nc4ccc(Oc5ccn(-c6cnc(OC(C)C)nc6)n5)cc4F)ncnc3cc2OC)C1. The van der Waals surface area contributed by atoms with Crippen molar-refractivity contribution >= 4 is 28.3 Å². The fourth-order valence-electron chi connectivity index (χ4n) is 4.53. The fraction of sp³-hybridized carbons (Fsp3) is 0.226. The Balaban J connectivity index is 1.16. The van der Waals surface area contributed by atoms with E-state index >= 15 is 4.39 Å². The molecule has 13 nitrogen and oxygen atoms in total. The Morgan fingerprint density at radius 1 is 1.09 bits per heavy atom. The number of nitrogens with one attached hydrogen (secondary N) is 1. The summed E-state index contributed by atoms with van der Waals surface area (Å²) in [7, 11) is 1.53. The second-order valence-corrected chi connectivity index (χ2v) is 10.3. The van der Waals surface area contributed by atoms with E-state index in [2.05, 4.69) is 36.9 Å². The van der Waals surface area contributed by atoms with E-state index in [1.165, 1.54) is 36.3 Å². The topological polar surface area (TPSA) is 139 Å². The van der Waals surface area contributed by atoms with Gasteiger partial charge in [-0.1, -0.05) is 6.58 Å². The highest BCUT2D eigenvalue weighted by Gasteiger charge is 2.31. The lowest BCUT2D eigenvalue weighted by atomic mass is 10.1. The van der Waals surface area contributed by atoms with Crippen LogP contribution < -0.4 is 24.3 Å². The van der Waals surface area contributed by atoms with Crippen LogP contribution in [0, 0.1) is 5.82 Å². The summed E-state index contributed by atoms with van der Waals surface area (Å²) in [5.41, 5.74) is 1.34. The summed E-state index contributed by atoms with van der Waals surface area (Å²) in [6.45, 7) is 8.15. The van der Waals surface area contributed by atoms with E-state index < -0.39 is 5.82 Å². The van der Waals surface area contributed by atoms with Crippen LogP contribution in [0.15, 0.2) is 74.0 Å². The van der Waals surface area contributed by atoms with Gasteiger partial charge in [-0.2, -0.15) is 0 Å². The predicted molar refractivity (Wildman–Crippen MR) is 162 cm³/mol. The molecule has 4 heterocycles. The van der Waals surface area contributed by atoms with Crippen molar-refractivity contribution in [1.82, 2.24) is 34.6 Å². The summed E-state index contributed by atoms with van der Waals surface area (Å²) in [6.07, 6.45) is 7.23. The molecule has 6 rings (SSSR count). The van der Waals surface area contributed by atoms with E-state index in [1.807, 2.05) is 13.8 Å². The first kappa shape index (κ1) is 29.3. The fourth-order valence-corrected chi connectivity index (χ4v) is 4.53. The van der Waals surface area contributed by atoms with Crippen molar-refractivity contribution in [3.63, 3.8) is 0 Å². The van der Waals surface area contributed by atoms with Gasteiger partial charge in [0, 0.05) is 29.8 Å². The van der Waals surface area contributed by atoms with Gasteiger partial charge in [-0.05, 0) is 38.1 Å². The van der Waals surface area contributed by atoms with Crippen LogP contribution in [0.25, 0.3) is 16.6 Å². The van der Waals surface area contributed by atoms with Crippen molar-refractivity contribution in [2.75, 3.05) is 25.5 Å². The minimum Gasteiger partial charge on any atom is -0.493 e. The molecule has 0 spiro atoms. The number of benzene rings is 2. The van der Waals surface area contributed by atoms with Crippen LogP contribution in [0.1, 0.15) is 13.8 Å². The molecule has 14 heteroatoms. The molecule has 1 aliphatic heterocycles. The van der Waals surface area contributed by atoms with Gasteiger partial charge in [-0.25, -0.2) is 29.0 Å². The van der Waals surface area contributed by atoms with Crippen LogP contribution in [0.3, 0.4) is 0 Å². The number of hydrogen-bond acceptors (Lipinski definition) is 11. The highest BCUT2D eigenvalue weighted by molar-refractivity contribution is 5.93. The van der Waals surface area contributed by atoms with Gasteiger partial charge in [0.1, 0.15) is 35.5 Å². The molecule has 0 bridgehead atoms. The number of nitrogens with zero attached hydrogens (tertiary/aromatic N) is 7. The van der Waals surface area contributed by atoms with Crippen molar-refractivity contribution in [2.45, 2.75) is 26.1 Å². The number of anilines is 2. The van der Waals surface area contributed by atoms with Crippen molar-refractivity contribution in [3.05, 3.63) is 79.8 Å². The third kappa shape index (κ3) is 6.44. The summed E-state index contributed by atoms with van der Waals surface area (Å²) in [5.74, 6) is 1.07. The molecule has 0 radical (unpaired) electrons. The molecule has 5 aromatic rings. The minimum atomic E-state index is -0.570. The van der Waals surface area contributed by atoms with Crippen molar-refractivity contribution in [1.29, 1.82) is 0 Å². The van der Waals surface area contributed by atoms with Gasteiger partial charge in [0.15, 0.2) is 11.5 Å². The van der Waals surface area contributed by atoms with Gasteiger partial charge in [0.05, 0.1) is 49.9 Å². The summed E-state index contributed by atoms with van der Waals surface area (Å²) in [6, 6.07) is 9.76. The Labute approximate surface area is 257 Å². The average Bonchev–Trinajstić information content (AvgIpc) is 3.48. The molecule has 2 aromatic carbocycles. The third-order valence-electron chi connectivity index (χ3n) is 6.75. The highest BCUT2D eigenvalue weighted by Crippen LogP contribution is 2.37. The maximum absolute atomic E-state index is 15.3. The number of likely N-dealkylation sites (tertiary alicyclic amines) is 1. The number of aromatic nitrogens is 6. The Morgan fingerprint density at radius 3 is 2.60 bits per heavy atom. The van der Waals surface area contributed by atoms with Crippen LogP contribution in [-0.2, 0) is 4.79 Å². The Hall–Kier alpha value is -5.79. The van der Waals surface area contributed by atoms with Gasteiger partial charge in [-0.15, -0.1) is 5.10 Å².